The number of H-pyrrole nitrogens is 1. The molecule has 5 aliphatic heterocycles. The lowest BCUT2D eigenvalue weighted by molar-refractivity contribution is -0.124. The van der Waals surface area contributed by atoms with Crippen LogP contribution in [0.15, 0.2) is 176 Å². The number of likely N-dealkylation sites (tertiary alicyclic amines) is 3. The van der Waals surface area contributed by atoms with E-state index in [1.54, 1.807) is 59.1 Å². The van der Waals surface area contributed by atoms with Crippen LogP contribution in [0.5, 0.6) is 0 Å². The average molecular weight is 1690 g/mol. The number of likely N-dealkylation sites (N-methyl/N-ethyl adjacent to an activating group) is 1. The number of carbonyl (C=O) groups is 6. The van der Waals surface area contributed by atoms with Gasteiger partial charge in [0.15, 0.2) is 11.3 Å². The van der Waals surface area contributed by atoms with Gasteiger partial charge >= 0.3 is 5.97 Å². The molecule has 0 aliphatic carbocycles. The van der Waals surface area contributed by atoms with Crippen LogP contribution < -0.4 is 10.6 Å². The van der Waals surface area contributed by atoms with Crippen molar-refractivity contribution < 1.29 is 51.4 Å². The first-order chi connectivity index (χ1) is 54.8. The van der Waals surface area contributed by atoms with Crippen LogP contribution in [-0.2, 0) is 44.6 Å². The van der Waals surface area contributed by atoms with E-state index in [-0.39, 0.29) is 86.8 Å². The number of aromatic carboxylic acids is 1. The van der Waals surface area contributed by atoms with Gasteiger partial charge in [0.1, 0.15) is 35.5 Å². The Hall–Kier alpha value is -10.3. The van der Waals surface area contributed by atoms with E-state index in [2.05, 4.69) is 21.8 Å². The molecule has 16 nitrogen and oxygen atoms in total. The summed E-state index contributed by atoms with van der Waals surface area (Å²) in [4.78, 5) is 84.8. The molecule has 0 saturated carbocycles. The predicted octanol–water partition coefficient (Wildman–Crippen LogP) is 21.6. The third-order valence-corrected chi connectivity index (χ3v) is 23.2. The molecule has 0 spiro atoms. The lowest BCUT2D eigenvalue weighted by atomic mass is 9.90. The number of hydrogen-bond acceptors (Lipinski definition) is 8. The second kappa shape index (κ2) is 42.9. The van der Waals surface area contributed by atoms with Crippen LogP contribution in [0, 0.1) is 53.1 Å². The Labute approximate surface area is 710 Å². The van der Waals surface area contributed by atoms with E-state index in [0.29, 0.717) is 73.5 Å². The fourth-order valence-electron chi connectivity index (χ4n) is 15.4. The van der Waals surface area contributed by atoms with Gasteiger partial charge in [-0.25, -0.2) is 22.4 Å². The van der Waals surface area contributed by atoms with E-state index < -0.39 is 17.7 Å². The molecule has 0 bridgehead atoms. The van der Waals surface area contributed by atoms with Crippen LogP contribution in [-0.4, -0.2) is 141 Å². The molecule has 16 rings (SSSR count). The number of fused-ring (bicyclic) bond motifs is 4. The number of nitrogens with one attached hydrogen (secondary N) is 3. The van der Waals surface area contributed by atoms with Crippen molar-refractivity contribution in [2.45, 2.75) is 107 Å². The molecule has 8 heterocycles. The van der Waals surface area contributed by atoms with Crippen LogP contribution >= 0.6 is 46.4 Å². The van der Waals surface area contributed by atoms with Crippen molar-refractivity contribution in [3.63, 3.8) is 0 Å². The van der Waals surface area contributed by atoms with Crippen molar-refractivity contribution in [3.8, 4) is 0 Å². The van der Waals surface area contributed by atoms with Gasteiger partial charge in [-0.05, 0) is 233 Å². The molecule has 4 N–H and O–H groups in total. The minimum atomic E-state index is -1.02. The number of anilines is 1. The maximum Gasteiger partial charge on any atom is 0.338 e. The van der Waals surface area contributed by atoms with E-state index in [9.17, 15) is 46.3 Å². The number of ketones is 1. The van der Waals surface area contributed by atoms with Gasteiger partial charge in [0, 0.05) is 119 Å². The quantitative estimate of drug-likeness (QED) is 0.0356. The molecule has 4 amide bonds. The second-order valence-electron chi connectivity index (χ2n) is 30.1. The summed E-state index contributed by atoms with van der Waals surface area (Å²) in [5.74, 6) is -1.01. The van der Waals surface area contributed by atoms with Gasteiger partial charge in [0.2, 0.25) is 0 Å². The number of piperidine rings is 4. The number of aromatic amines is 1. The number of rotatable bonds is 14. The summed E-state index contributed by atoms with van der Waals surface area (Å²) in [5, 5.41) is 19.0. The molecule has 11 aromatic rings. The number of halogens is 8. The first-order valence-corrected chi connectivity index (χ1v) is 39.8. The Kier molecular flexibility index (Phi) is 33.9. The highest BCUT2D eigenvalue weighted by Gasteiger charge is 2.32. The third kappa shape index (κ3) is 23.8. The van der Waals surface area contributed by atoms with Crippen molar-refractivity contribution >= 4 is 126 Å². The minimum Gasteiger partial charge on any atom is -0.478 e. The number of benzene rings is 8. The van der Waals surface area contributed by atoms with Crippen LogP contribution in [0.3, 0.4) is 0 Å². The zero-order valence-corrected chi connectivity index (χ0v) is 66.9. The summed E-state index contributed by atoms with van der Waals surface area (Å²) in [6.07, 6.45) is 21.6. The van der Waals surface area contributed by atoms with Crippen molar-refractivity contribution in [2.24, 2.45) is 37.8 Å². The summed E-state index contributed by atoms with van der Waals surface area (Å²) in [6, 6.07) is 44.7. The minimum absolute atomic E-state index is 0. The molecule has 4 saturated heterocycles. The number of carboxylic acid groups (broad SMARTS) is 1. The number of Topliss-reactive ketones (excluding diaryl/α,β-unsaturated/α-hetero) is 1. The van der Waals surface area contributed by atoms with Crippen molar-refractivity contribution in [3.05, 3.63) is 282 Å². The fraction of sp³-hybridized carbons (Fsp3) is 0.340. The van der Waals surface area contributed by atoms with Gasteiger partial charge in [-0.3, -0.25) is 24.0 Å². The molecule has 624 valence electrons. The Morgan fingerprint density at radius 1 is 0.458 bits per heavy atom. The molecule has 4 fully saturated rings. The van der Waals surface area contributed by atoms with E-state index in [1.165, 1.54) is 79.9 Å². The lowest BCUT2D eigenvalue weighted by Gasteiger charge is -2.32. The smallest absolute Gasteiger partial charge is 0.338 e. The van der Waals surface area contributed by atoms with Crippen LogP contribution in [0.25, 0.3) is 38.8 Å². The molecule has 0 atom stereocenters. The summed E-state index contributed by atoms with van der Waals surface area (Å²) >= 11 is 25.0. The van der Waals surface area contributed by atoms with E-state index in [4.69, 9.17) is 51.5 Å². The Balaban J connectivity index is 0.000000189. The molecule has 3 aromatic heterocycles. The average Bonchev–Trinajstić information content (AvgIpc) is 1.61. The number of aromatic nitrogens is 3. The topological polar surface area (TPSA) is 185 Å². The Bertz CT molecular complexity index is 5290. The van der Waals surface area contributed by atoms with Crippen LogP contribution in [0.2, 0.25) is 20.1 Å². The van der Waals surface area contributed by atoms with Crippen molar-refractivity contribution in [2.75, 3.05) is 71.8 Å². The van der Waals surface area contributed by atoms with E-state index in [1.807, 2.05) is 119 Å². The highest BCUT2D eigenvalue weighted by Crippen LogP contribution is 2.35. The van der Waals surface area contributed by atoms with Crippen molar-refractivity contribution in [1.29, 1.82) is 0 Å². The van der Waals surface area contributed by atoms with Crippen LogP contribution in [0.4, 0.5) is 23.2 Å². The fourth-order valence-corrected chi connectivity index (χ4v) is 16.3. The summed E-state index contributed by atoms with van der Waals surface area (Å²) in [6.45, 7) is 6.37. The Morgan fingerprint density at radius 2 is 0.847 bits per heavy atom. The lowest BCUT2D eigenvalue weighted by Crippen LogP contribution is -2.39. The van der Waals surface area contributed by atoms with E-state index >= 15 is 0 Å². The number of amides is 4. The first kappa shape index (κ1) is 93.2. The second-order valence-corrected chi connectivity index (χ2v) is 31.7. The molecule has 118 heavy (non-hydrogen) atoms. The summed E-state index contributed by atoms with van der Waals surface area (Å²) < 4.78 is 55.6. The van der Waals surface area contributed by atoms with Gasteiger partial charge in [0.25, 0.3) is 29.4 Å². The molecule has 24 heteroatoms. The standard InChI is InChI=1S/C26H27ClFN3O3.C22H22ClFN2O.C21H20ClFN2O.C12H16FN.C9H4ClNO2.4CH4/c1-29(2)26(34)24(32)21-15-30(3)23-14-22(27)20(13-19(21)23)25(33)31-10-8-17(9-11-31)12-16-4-6-18(28)7-5-16;1-25-9-8-17-13-19(20(23)14-21(17)25)22(27)26-10-6-16(7-11-26)12-15-2-4-18(24)5-3-15;22-19-13-20-16(5-8-24-20)12-18(19)21(26)25-9-6-15(7-10-25)11-14-1-3-17(23)4-2-14;13-12-3-1-10(2-4-12)9-11-5-7-14-8-6-11;10-7-4-8-5(1-2-11-8)3-6(7)9(12)13;;;;/h4-7,13-15,17H,8-12H2,1-3H3;2-5,8-9,13-14,16H,6-7,10-12H2,1H3;1-5,8,12-13,15,24H,6-7,9-11H2;1-4,11,14H,5-9H2;1,3-4,11H;4*1H4/p+1. The van der Waals surface area contributed by atoms with Gasteiger partial charge < -0.3 is 44.1 Å². The number of nitrogens with zero attached hydrogens (tertiary/aromatic N) is 6. The number of hydrogen-bond donors (Lipinski definition) is 4. The van der Waals surface area contributed by atoms with Crippen molar-refractivity contribution in [1.82, 2.24) is 39.0 Å². The van der Waals surface area contributed by atoms with E-state index in [0.717, 1.165) is 159 Å². The zero-order valence-electron chi connectivity index (χ0n) is 63.9. The van der Waals surface area contributed by atoms with Gasteiger partial charge in [-0.1, -0.05) is 125 Å². The monoisotopic (exact) mass is 1690 g/mol. The largest absolute Gasteiger partial charge is 0.478 e. The van der Waals surface area contributed by atoms with Gasteiger partial charge in [-0.2, -0.15) is 5.32 Å². The number of aryl methyl sites for hydroxylation is 2. The van der Waals surface area contributed by atoms with Crippen LogP contribution in [0.1, 0.15) is 161 Å². The SMILES string of the molecule is C.C.C.C.CN(C)C(=O)C(=O)c1cn(C)c2cc(Cl)c(C(=O)N3CCC(Cc4ccc(F)cc4)CC3)cc12.Cn1ccc2cc(C(=O)N3CCC(Cc4ccc(F)cc4)CC3)c(Cl)cc21.Fc1ccc(CC2CCNCC2)cc1.O=C(O)c1cc2c(cc1Cl)N[C+]=C2.O=C(c1cc2cc[nH]c2cc1Cl)N1CCC(Cc2ccc(F)cc2)CC1. The van der Waals surface area contributed by atoms with Gasteiger partial charge in [-0.15, -0.1) is 0 Å². The highest BCUT2D eigenvalue weighted by molar-refractivity contribution is 6.45. The predicted molar refractivity (Wildman–Crippen MR) is 471 cm³/mol. The highest BCUT2D eigenvalue weighted by atomic mass is 35.5. The number of carboxylic acids is 1. The Morgan fingerprint density at radius 3 is 1.27 bits per heavy atom. The normalized spacial score (nSPS) is 14.6. The molecular formula is C94H106Cl4F4N9O7+. The maximum absolute atomic E-state index is 13.3. The molecule has 8 aromatic carbocycles. The number of carbonyl (C=O) groups excluding carboxylic acids is 5. The molecular weight excluding hydrogens is 1580 g/mol. The molecule has 0 unspecified atom stereocenters. The third-order valence-electron chi connectivity index (χ3n) is 21.9. The maximum atomic E-state index is 13.3. The van der Waals surface area contributed by atoms with Gasteiger partial charge in [0.05, 0.1) is 59.5 Å². The zero-order chi connectivity index (χ0) is 80.9. The first-order valence-electron chi connectivity index (χ1n) is 38.3. The summed E-state index contributed by atoms with van der Waals surface area (Å²) in [7, 11) is 6.78. The molecule has 5 aliphatic rings. The molecule has 0 radical (unpaired) electrons. The summed E-state index contributed by atoms with van der Waals surface area (Å²) in [5.41, 5.74) is 10.7.